The van der Waals surface area contributed by atoms with Gasteiger partial charge in [0.25, 0.3) is 0 Å². The molecule has 1 aliphatic rings. The van der Waals surface area contributed by atoms with E-state index in [-0.39, 0.29) is 12.0 Å². The highest BCUT2D eigenvalue weighted by Crippen LogP contribution is 2.39. The first-order valence-electron chi connectivity index (χ1n) is 7.56. The molecule has 1 aromatic rings. The van der Waals surface area contributed by atoms with Crippen molar-refractivity contribution < 1.29 is 9.90 Å². The molecule has 1 aromatic heterocycles. The van der Waals surface area contributed by atoms with E-state index >= 15 is 0 Å². The zero-order valence-electron chi connectivity index (χ0n) is 12.9. The van der Waals surface area contributed by atoms with E-state index in [2.05, 4.69) is 10.4 Å². The maximum absolute atomic E-state index is 11.8. The van der Waals surface area contributed by atoms with Gasteiger partial charge in [-0.05, 0) is 46.0 Å². The molecule has 1 fully saturated rings. The molecule has 0 spiro atoms. The van der Waals surface area contributed by atoms with Crippen molar-refractivity contribution in [3.05, 3.63) is 16.9 Å². The van der Waals surface area contributed by atoms with Gasteiger partial charge in [-0.3, -0.25) is 14.8 Å². The normalized spacial score (nSPS) is 25.7. The molecule has 2 N–H and O–H groups in total. The lowest BCUT2D eigenvalue weighted by Crippen LogP contribution is -2.57. The molecule has 2 unspecified atom stereocenters. The Morgan fingerprint density at radius 3 is 2.90 bits per heavy atom. The van der Waals surface area contributed by atoms with E-state index in [1.165, 1.54) is 0 Å². The summed E-state index contributed by atoms with van der Waals surface area (Å²) in [7, 11) is 0. The van der Waals surface area contributed by atoms with Crippen LogP contribution in [0.3, 0.4) is 0 Å². The van der Waals surface area contributed by atoms with Crippen LogP contribution in [0, 0.1) is 12.8 Å². The number of carbonyl (C=O) groups is 1. The van der Waals surface area contributed by atoms with Gasteiger partial charge in [0.15, 0.2) is 0 Å². The van der Waals surface area contributed by atoms with E-state index in [0.717, 1.165) is 25.0 Å². The molecule has 1 saturated carbocycles. The molecular weight excluding hydrogens is 290 g/mol. The molecule has 2 rings (SSSR count). The number of aryl methyl sites for hydroxylation is 1. The summed E-state index contributed by atoms with van der Waals surface area (Å²) in [5, 5.41) is 17.9. The van der Waals surface area contributed by atoms with Crippen molar-refractivity contribution in [1.82, 2.24) is 15.1 Å². The second-order valence-electron chi connectivity index (χ2n) is 6.25. The number of carboxylic acids is 1. The summed E-state index contributed by atoms with van der Waals surface area (Å²) in [5.74, 6) is -0.603. The lowest BCUT2D eigenvalue weighted by atomic mass is 9.84. The van der Waals surface area contributed by atoms with E-state index in [1.807, 2.05) is 25.5 Å². The second kappa shape index (κ2) is 6.36. The number of halogens is 1. The van der Waals surface area contributed by atoms with Gasteiger partial charge in [0.2, 0.25) is 0 Å². The molecule has 0 aromatic carbocycles. The fourth-order valence-electron chi connectivity index (χ4n) is 3.44. The van der Waals surface area contributed by atoms with Gasteiger partial charge in [-0.25, -0.2) is 0 Å². The number of nitrogens with zero attached hydrogens (tertiary/aromatic N) is 2. The predicted octanol–water partition coefficient (Wildman–Crippen LogP) is 2.86. The van der Waals surface area contributed by atoms with Gasteiger partial charge < -0.3 is 5.11 Å². The van der Waals surface area contributed by atoms with Crippen LogP contribution < -0.4 is 5.32 Å². The molecular formula is C15H24ClN3O2. The number of nitrogens with one attached hydrogen (secondary N) is 1. The van der Waals surface area contributed by atoms with Crippen LogP contribution in [-0.4, -0.2) is 32.4 Å². The Bertz CT molecular complexity index is 515. The summed E-state index contributed by atoms with van der Waals surface area (Å²) in [4.78, 5) is 11.8. The summed E-state index contributed by atoms with van der Waals surface area (Å²) < 4.78 is 1.86. The first-order chi connectivity index (χ1) is 9.86. The van der Waals surface area contributed by atoms with Gasteiger partial charge in [0, 0.05) is 12.6 Å². The van der Waals surface area contributed by atoms with Crippen LogP contribution in [0.2, 0.25) is 5.02 Å². The largest absolute Gasteiger partial charge is 0.480 e. The quantitative estimate of drug-likeness (QED) is 0.847. The molecule has 6 heteroatoms. The minimum Gasteiger partial charge on any atom is -0.480 e. The van der Waals surface area contributed by atoms with Crippen molar-refractivity contribution in [1.29, 1.82) is 0 Å². The average Bonchev–Trinajstić information content (AvgIpc) is 2.94. The van der Waals surface area contributed by atoms with E-state index in [4.69, 9.17) is 11.6 Å². The highest BCUT2D eigenvalue weighted by atomic mass is 35.5. The highest BCUT2D eigenvalue weighted by Gasteiger charge is 2.49. The Kier molecular flexibility index (Phi) is 4.94. The van der Waals surface area contributed by atoms with Crippen LogP contribution in [0.15, 0.2) is 6.20 Å². The van der Waals surface area contributed by atoms with E-state index in [0.29, 0.717) is 18.0 Å². The maximum atomic E-state index is 11.8. The molecule has 21 heavy (non-hydrogen) atoms. The van der Waals surface area contributed by atoms with Crippen molar-refractivity contribution in [2.24, 2.45) is 5.92 Å². The number of hydrogen-bond donors (Lipinski definition) is 2. The molecule has 0 aliphatic heterocycles. The smallest absolute Gasteiger partial charge is 0.324 e. The van der Waals surface area contributed by atoms with Crippen molar-refractivity contribution in [2.45, 2.75) is 64.6 Å². The van der Waals surface area contributed by atoms with Gasteiger partial charge in [-0.1, -0.05) is 18.0 Å². The summed E-state index contributed by atoms with van der Waals surface area (Å²) in [6, 6.07) is 0.155. The standard InChI is InChI=1S/C15H24ClN3O2/c1-10(2)18-15(14(20)21)7-4-5-12(15)6-8-19-11(3)13(16)9-17-19/h9-10,12,18H,4-8H2,1-3H3,(H,20,21). The summed E-state index contributed by atoms with van der Waals surface area (Å²) >= 11 is 6.01. The minimum absolute atomic E-state index is 0.125. The van der Waals surface area contributed by atoms with E-state index in [1.54, 1.807) is 6.20 Å². The molecule has 0 amide bonds. The topological polar surface area (TPSA) is 67.2 Å². The Morgan fingerprint density at radius 1 is 1.67 bits per heavy atom. The number of aromatic nitrogens is 2. The van der Waals surface area contributed by atoms with Crippen molar-refractivity contribution >= 4 is 17.6 Å². The molecule has 1 heterocycles. The fourth-order valence-corrected chi connectivity index (χ4v) is 3.59. The van der Waals surface area contributed by atoms with Gasteiger partial charge in [0.1, 0.15) is 5.54 Å². The Morgan fingerprint density at radius 2 is 2.38 bits per heavy atom. The van der Waals surface area contributed by atoms with Crippen molar-refractivity contribution in [2.75, 3.05) is 0 Å². The van der Waals surface area contributed by atoms with Gasteiger partial charge >= 0.3 is 5.97 Å². The third-order valence-corrected chi connectivity index (χ3v) is 4.85. The average molecular weight is 314 g/mol. The van der Waals surface area contributed by atoms with Crippen molar-refractivity contribution in [3.63, 3.8) is 0 Å². The van der Waals surface area contributed by atoms with Crippen LogP contribution in [0.1, 0.15) is 45.2 Å². The second-order valence-corrected chi connectivity index (χ2v) is 6.66. The number of hydrogen-bond acceptors (Lipinski definition) is 3. The Hall–Kier alpha value is -1.07. The SMILES string of the molecule is Cc1c(Cl)cnn1CCC1CCCC1(NC(C)C)C(=O)O. The van der Waals surface area contributed by atoms with E-state index in [9.17, 15) is 9.90 Å². The third-order valence-electron chi connectivity index (χ3n) is 4.48. The Balaban J connectivity index is 2.10. The molecule has 0 radical (unpaired) electrons. The van der Waals surface area contributed by atoms with Crippen LogP contribution in [0.25, 0.3) is 0 Å². The lowest BCUT2D eigenvalue weighted by Gasteiger charge is -2.34. The zero-order chi connectivity index (χ0) is 15.6. The highest BCUT2D eigenvalue weighted by molar-refractivity contribution is 6.31. The van der Waals surface area contributed by atoms with E-state index < -0.39 is 11.5 Å². The molecule has 2 atom stereocenters. The van der Waals surface area contributed by atoms with Crippen LogP contribution >= 0.6 is 11.6 Å². The fraction of sp³-hybridized carbons (Fsp3) is 0.733. The monoisotopic (exact) mass is 313 g/mol. The molecule has 118 valence electrons. The van der Waals surface area contributed by atoms with Crippen LogP contribution in [-0.2, 0) is 11.3 Å². The van der Waals surface area contributed by atoms with Crippen molar-refractivity contribution in [3.8, 4) is 0 Å². The molecule has 5 nitrogen and oxygen atoms in total. The molecule has 0 saturated heterocycles. The number of rotatable bonds is 6. The lowest BCUT2D eigenvalue weighted by molar-refractivity contribution is -0.147. The maximum Gasteiger partial charge on any atom is 0.324 e. The molecule has 0 bridgehead atoms. The van der Waals surface area contributed by atoms with Crippen LogP contribution in [0.5, 0.6) is 0 Å². The minimum atomic E-state index is -0.793. The predicted molar refractivity (Wildman–Crippen MR) is 82.6 cm³/mol. The van der Waals surface area contributed by atoms with Gasteiger partial charge in [0.05, 0.1) is 16.9 Å². The summed E-state index contributed by atoms with van der Waals surface area (Å²) in [5.41, 5.74) is 0.145. The first kappa shape index (κ1) is 16.3. The summed E-state index contributed by atoms with van der Waals surface area (Å²) in [6.07, 6.45) is 5.03. The Labute approximate surface area is 130 Å². The summed E-state index contributed by atoms with van der Waals surface area (Å²) in [6.45, 7) is 6.63. The van der Waals surface area contributed by atoms with Crippen LogP contribution in [0.4, 0.5) is 0 Å². The zero-order valence-corrected chi connectivity index (χ0v) is 13.7. The third kappa shape index (κ3) is 3.24. The first-order valence-corrected chi connectivity index (χ1v) is 7.93. The number of carboxylic acid groups (broad SMARTS) is 1. The van der Waals surface area contributed by atoms with Gasteiger partial charge in [-0.15, -0.1) is 0 Å². The molecule has 1 aliphatic carbocycles. The number of aliphatic carboxylic acids is 1. The van der Waals surface area contributed by atoms with Gasteiger partial charge in [-0.2, -0.15) is 5.10 Å².